The lowest BCUT2D eigenvalue weighted by molar-refractivity contribution is -0.122. The molecule has 166 valence electrons. The number of nitrogens with zero attached hydrogens (tertiary/aromatic N) is 2. The molecule has 1 aliphatic rings. The molecule has 4 aromatic rings. The molecule has 0 saturated carbocycles. The fraction of sp³-hybridized carbons (Fsp3) is 0.185. The fourth-order valence-electron chi connectivity index (χ4n) is 4.67. The maximum Gasteiger partial charge on any atom is 0.272 e. The number of aromatic nitrogens is 1. The van der Waals surface area contributed by atoms with Gasteiger partial charge in [0.15, 0.2) is 0 Å². The Hall–Kier alpha value is -4.06. The predicted octanol–water partition coefficient (Wildman–Crippen LogP) is 4.05. The molecule has 33 heavy (non-hydrogen) atoms. The van der Waals surface area contributed by atoms with Gasteiger partial charge in [0, 0.05) is 30.1 Å². The quantitative estimate of drug-likeness (QED) is 0.493. The van der Waals surface area contributed by atoms with Gasteiger partial charge in [0.05, 0.1) is 13.2 Å². The first-order valence-electron chi connectivity index (χ1n) is 10.9. The molecular formula is C27H25N3O3. The van der Waals surface area contributed by atoms with E-state index in [1.54, 1.807) is 12.0 Å². The van der Waals surface area contributed by atoms with Crippen molar-refractivity contribution < 1.29 is 14.3 Å². The third kappa shape index (κ3) is 3.63. The summed E-state index contributed by atoms with van der Waals surface area (Å²) < 4.78 is 7.25. The lowest BCUT2D eigenvalue weighted by Crippen LogP contribution is -2.39. The van der Waals surface area contributed by atoms with E-state index in [0.29, 0.717) is 12.2 Å². The van der Waals surface area contributed by atoms with Gasteiger partial charge in [-0.3, -0.25) is 9.59 Å². The molecule has 6 nitrogen and oxygen atoms in total. The zero-order chi connectivity index (χ0) is 22.9. The summed E-state index contributed by atoms with van der Waals surface area (Å²) in [7, 11) is 3.53. The highest BCUT2D eigenvalue weighted by Gasteiger charge is 2.42. The first-order chi connectivity index (χ1) is 16.1. The number of amides is 2. The van der Waals surface area contributed by atoms with E-state index in [-0.39, 0.29) is 24.4 Å². The highest BCUT2D eigenvalue weighted by molar-refractivity contribution is 6.07. The molecule has 2 heterocycles. The van der Waals surface area contributed by atoms with Crippen molar-refractivity contribution in [2.75, 3.05) is 13.7 Å². The van der Waals surface area contributed by atoms with Crippen molar-refractivity contribution in [3.05, 3.63) is 101 Å². The first-order valence-corrected chi connectivity index (χ1v) is 10.9. The van der Waals surface area contributed by atoms with E-state index in [1.807, 2.05) is 90.5 Å². The Kier molecular flexibility index (Phi) is 5.34. The van der Waals surface area contributed by atoms with Crippen molar-refractivity contribution in [3.8, 4) is 5.75 Å². The zero-order valence-electron chi connectivity index (χ0n) is 18.6. The number of benzene rings is 3. The van der Waals surface area contributed by atoms with E-state index in [0.717, 1.165) is 33.3 Å². The molecule has 1 atom stereocenters. The summed E-state index contributed by atoms with van der Waals surface area (Å²) in [5.41, 5.74) is 4.53. The molecule has 1 N–H and O–H groups in total. The van der Waals surface area contributed by atoms with E-state index in [2.05, 4.69) is 5.32 Å². The zero-order valence-corrected chi connectivity index (χ0v) is 18.6. The minimum Gasteiger partial charge on any atom is -0.497 e. The molecule has 0 aliphatic carbocycles. The van der Waals surface area contributed by atoms with Crippen LogP contribution in [-0.2, 0) is 18.4 Å². The van der Waals surface area contributed by atoms with E-state index >= 15 is 0 Å². The SMILES string of the molecule is COc1ccc([C@H]2c3c(n(C)c4ccccc34)C(=O)N2CC(=O)NCc2ccccc2)cc1. The van der Waals surface area contributed by atoms with Gasteiger partial charge in [-0.05, 0) is 29.3 Å². The minimum atomic E-state index is -0.355. The Balaban J connectivity index is 1.51. The Bertz CT molecular complexity index is 1330. The Labute approximate surface area is 192 Å². The average Bonchev–Trinajstić information content (AvgIpc) is 3.31. The number of carbonyl (C=O) groups is 2. The van der Waals surface area contributed by atoms with Crippen molar-refractivity contribution in [1.82, 2.24) is 14.8 Å². The number of carbonyl (C=O) groups excluding carboxylic acids is 2. The van der Waals surface area contributed by atoms with Crippen LogP contribution in [0.3, 0.4) is 0 Å². The van der Waals surface area contributed by atoms with Gasteiger partial charge in [0.1, 0.15) is 18.0 Å². The van der Waals surface area contributed by atoms with Crippen LogP contribution in [0, 0.1) is 0 Å². The summed E-state index contributed by atoms with van der Waals surface area (Å²) in [5.74, 6) is 0.413. The second-order valence-electron chi connectivity index (χ2n) is 8.21. The molecule has 1 aliphatic heterocycles. The van der Waals surface area contributed by atoms with Gasteiger partial charge in [-0.15, -0.1) is 0 Å². The third-order valence-electron chi connectivity index (χ3n) is 6.27. The summed E-state index contributed by atoms with van der Waals surface area (Å²) >= 11 is 0. The van der Waals surface area contributed by atoms with Crippen molar-refractivity contribution in [2.24, 2.45) is 7.05 Å². The number of nitrogens with one attached hydrogen (secondary N) is 1. The average molecular weight is 440 g/mol. The summed E-state index contributed by atoms with van der Waals surface area (Å²) in [6, 6.07) is 25.1. The third-order valence-corrected chi connectivity index (χ3v) is 6.27. The summed E-state index contributed by atoms with van der Waals surface area (Å²) in [6.45, 7) is 0.399. The molecule has 0 radical (unpaired) electrons. The van der Waals surface area contributed by atoms with E-state index in [9.17, 15) is 9.59 Å². The number of para-hydroxylation sites is 1. The fourth-order valence-corrected chi connectivity index (χ4v) is 4.67. The van der Waals surface area contributed by atoms with Crippen molar-refractivity contribution in [3.63, 3.8) is 0 Å². The molecule has 6 heteroatoms. The maximum atomic E-state index is 13.6. The van der Waals surface area contributed by atoms with Crippen LogP contribution in [0.2, 0.25) is 0 Å². The predicted molar refractivity (Wildman–Crippen MR) is 127 cm³/mol. The molecule has 2 amide bonds. The Morgan fingerprint density at radius 1 is 0.970 bits per heavy atom. The Morgan fingerprint density at radius 3 is 2.39 bits per heavy atom. The standard InChI is InChI=1S/C27H25N3O3/c1-29-22-11-7-6-10-21(22)24-25(19-12-14-20(33-2)15-13-19)30(27(32)26(24)29)17-23(31)28-16-18-8-4-3-5-9-18/h3-15,25H,16-17H2,1-2H3,(H,28,31)/t25-/m0/s1. The van der Waals surface area contributed by atoms with Gasteiger partial charge in [-0.2, -0.15) is 0 Å². The van der Waals surface area contributed by atoms with Crippen LogP contribution >= 0.6 is 0 Å². The highest BCUT2D eigenvalue weighted by atomic mass is 16.5. The molecule has 0 unspecified atom stereocenters. The molecule has 0 fully saturated rings. The topological polar surface area (TPSA) is 63.6 Å². The van der Waals surface area contributed by atoms with Gasteiger partial charge in [0.2, 0.25) is 5.91 Å². The van der Waals surface area contributed by atoms with E-state index < -0.39 is 0 Å². The number of hydrogen-bond acceptors (Lipinski definition) is 3. The maximum absolute atomic E-state index is 13.6. The lowest BCUT2D eigenvalue weighted by atomic mass is 9.98. The van der Waals surface area contributed by atoms with Crippen molar-refractivity contribution >= 4 is 22.7 Å². The second kappa shape index (κ2) is 8.47. The molecule has 0 spiro atoms. The van der Waals surface area contributed by atoms with Crippen LogP contribution in [0.5, 0.6) is 5.75 Å². The van der Waals surface area contributed by atoms with Crippen molar-refractivity contribution in [1.29, 1.82) is 0 Å². The van der Waals surface area contributed by atoms with E-state index in [4.69, 9.17) is 4.74 Å². The van der Waals surface area contributed by atoms with Crippen LogP contribution in [0.1, 0.15) is 33.2 Å². The van der Waals surface area contributed by atoms with Gasteiger partial charge in [-0.1, -0.05) is 60.7 Å². The lowest BCUT2D eigenvalue weighted by Gasteiger charge is -2.26. The molecule has 0 bridgehead atoms. The Morgan fingerprint density at radius 2 is 1.67 bits per heavy atom. The molecular weight excluding hydrogens is 414 g/mol. The first kappa shape index (κ1) is 20.8. The summed E-state index contributed by atoms with van der Waals surface area (Å²) in [6.07, 6.45) is 0. The van der Waals surface area contributed by atoms with Crippen LogP contribution in [0.25, 0.3) is 10.9 Å². The summed E-state index contributed by atoms with van der Waals surface area (Å²) in [4.78, 5) is 28.2. The number of methoxy groups -OCH3 is 1. The number of fused-ring (bicyclic) bond motifs is 3. The number of rotatable bonds is 6. The van der Waals surface area contributed by atoms with Crippen LogP contribution in [0.15, 0.2) is 78.9 Å². The number of aryl methyl sites for hydroxylation is 1. The second-order valence-corrected chi connectivity index (χ2v) is 8.21. The van der Waals surface area contributed by atoms with Gasteiger partial charge in [-0.25, -0.2) is 0 Å². The number of hydrogen-bond donors (Lipinski definition) is 1. The van der Waals surface area contributed by atoms with Gasteiger partial charge < -0.3 is 19.5 Å². The largest absolute Gasteiger partial charge is 0.497 e. The van der Waals surface area contributed by atoms with Gasteiger partial charge >= 0.3 is 0 Å². The normalized spacial score (nSPS) is 15.0. The summed E-state index contributed by atoms with van der Waals surface area (Å²) in [5, 5.41) is 3.97. The van der Waals surface area contributed by atoms with E-state index in [1.165, 1.54) is 0 Å². The van der Waals surface area contributed by atoms with Gasteiger partial charge in [0.25, 0.3) is 5.91 Å². The number of ether oxygens (including phenoxy) is 1. The minimum absolute atomic E-state index is 0.0225. The molecule has 1 aromatic heterocycles. The molecule has 3 aromatic carbocycles. The van der Waals surface area contributed by atoms with Crippen LogP contribution < -0.4 is 10.1 Å². The van der Waals surface area contributed by atoms with Crippen LogP contribution in [0.4, 0.5) is 0 Å². The smallest absolute Gasteiger partial charge is 0.272 e. The monoisotopic (exact) mass is 439 g/mol. The molecule has 0 saturated heterocycles. The van der Waals surface area contributed by atoms with Crippen molar-refractivity contribution in [2.45, 2.75) is 12.6 Å². The molecule has 5 rings (SSSR count). The van der Waals surface area contributed by atoms with Crippen LogP contribution in [-0.4, -0.2) is 34.9 Å². The highest BCUT2D eigenvalue weighted by Crippen LogP contribution is 2.43.